The maximum absolute atomic E-state index is 10.3. The minimum absolute atomic E-state index is 0.269. The highest BCUT2D eigenvalue weighted by Gasteiger charge is 2.34. The van der Waals surface area contributed by atoms with E-state index in [0.717, 1.165) is 44.9 Å². The topological polar surface area (TPSA) is 96.2 Å². The number of carboxylic acid groups (broad SMARTS) is 1. The van der Waals surface area contributed by atoms with Crippen molar-refractivity contribution in [1.82, 2.24) is 0 Å². The highest BCUT2D eigenvalue weighted by atomic mass is 16.7. The molecule has 1 aliphatic heterocycles. The van der Waals surface area contributed by atoms with Gasteiger partial charge in [0.05, 0.1) is 12.2 Å². The van der Waals surface area contributed by atoms with E-state index in [1.165, 1.54) is 0 Å². The van der Waals surface area contributed by atoms with Crippen LogP contribution in [0.25, 0.3) is 0 Å². The fourth-order valence-electron chi connectivity index (χ4n) is 2.56. The number of hydrogen-bond donors (Lipinski definition) is 3. The molecule has 0 radical (unpaired) electrons. The molecule has 0 aromatic heterocycles. The van der Waals surface area contributed by atoms with Gasteiger partial charge in [0, 0.05) is 19.4 Å². The first-order valence-corrected chi connectivity index (χ1v) is 8.35. The number of rotatable bonds is 11. The molecule has 0 aliphatic carbocycles. The smallest absolute Gasteiger partial charge is 0.303 e. The van der Waals surface area contributed by atoms with Crippen molar-refractivity contribution in [2.75, 3.05) is 6.61 Å². The van der Waals surface area contributed by atoms with Crippen LogP contribution in [-0.4, -0.2) is 52.5 Å². The van der Waals surface area contributed by atoms with Crippen molar-refractivity contribution < 1.29 is 29.6 Å². The second kappa shape index (κ2) is 10.9. The molecule has 0 bridgehead atoms. The van der Waals surface area contributed by atoms with E-state index in [4.69, 9.17) is 14.6 Å². The Morgan fingerprint density at radius 1 is 1.05 bits per heavy atom. The predicted octanol–water partition coefficient (Wildman–Crippen LogP) is 2.07. The first-order chi connectivity index (χ1) is 10.5. The van der Waals surface area contributed by atoms with Crippen LogP contribution in [0, 0.1) is 0 Å². The van der Waals surface area contributed by atoms with Gasteiger partial charge in [-0.1, -0.05) is 32.1 Å². The zero-order chi connectivity index (χ0) is 16.4. The van der Waals surface area contributed by atoms with Gasteiger partial charge in [0.1, 0.15) is 6.10 Å². The van der Waals surface area contributed by atoms with Crippen LogP contribution in [0.5, 0.6) is 0 Å². The van der Waals surface area contributed by atoms with Gasteiger partial charge in [-0.2, -0.15) is 0 Å². The Morgan fingerprint density at radius 3 is 2.27 bits per heavy atom. The van der Waals surface area contributed by atoms with E-state index in [1.54, 1.807) is 6.92 Å². The molecule has 4 unspecified atom stereocenters. The largest absolute Gasteiger partial charge is 0.481 e. The lowest BCUT2D eigenvalue weighted by molar-refractivity contribution is -0.261. The highest BCUT2D eigenvalue weighted by molar-refractivity contribution is 5.66. The molecule has 1 rings (SSSR count). The second-order valence-corrected chi connectivity index (χ2v) is 6.07. The molecule has 0 saturated carbocycles. The van der Waals surface area contributed by atoms with Crippen molar-refractivity contribution in [3.63, 3.8) is 0 Å². The molecule has 1 fully saturated rings. The predicted molar refractivity (Wildman–Crippen MR) is 81.5 cm³/mol. The van der Waals surface area contributed by atoms with Crippen LogP contribution in [0.4, 0.5) is 0 Å². The van der Waals surface area contributed by atoms with Gasteiger partial charge < -0.3 is 24.8 Å². The lowest BCUT2D eigenvalue weighted by Gasteiger charge is -2.35. The van der Waals surface area contributed by atoms with Gasteiger partial charge in [-0.15, -0.1) is 0 Å². The maximum Gasteiger partial charge on any atom is 0.303 e. The third kappa shape index (κ3) is 8.08. The Morgan fingerprint density at radius 2 is 1.64 bits per heavy atom. The van der Waals surface area contributed by atoms with E-state index in [0.29, 0.717) is 13.0 Å². The lowest BCUT2D eigenvalue weighted by Crippen LogP contribution is -2.47. The van der Waals surface area contributed by atoms with Gasteiger partial charge in [-0.25, -0.2) is 0 Å². The van der Waals surface area contributed by atoms with Gasteiger partial charge >= 0.3 is 5.97 Å². The molecule has 130 valence electrons. The molecule has 0 aromatic carbocycles. The zero-order valence-electron chi connectivity index (χ0n) is 13.4. The summed E-state index contributed by atoms with van der Waals surface area (Å²) in [4.78, 5) is 10.3. The number of aliphatic hydroxyl groups is 2. The molecule has 1 saturated heterocycles. The minimum atomic E-state index is -0.763. The van der Waals surface area contributed by atoms with Gasteiger partial charge in [0.15, 0.2) is 6.29 Å². The molecular weight excluding hydrogens is 288 g/mol. The summed E-state index contributed by atoms with van der Waals surface area (Å²) >= 11 is 0. The summed E-state index contributed by atoms with van der Waals surface area (Å²) in [5.41, 5.74) is 0. The van der Waals surface area contributed by atoms with E-state index < -0.39 is 24.5 Å². The van der Waals surface area contributed by atoms with Crippen LogP contribution < -0.4 is 0 Å². The van der Waals surface area contributed by atoms with Crippen LogP contribution in [0.3, 0.4) is 0 Å². The van der Waals surface area contributed by atoms with Crippen LogP contribution in [0.2, 0.25) is 0 Å². The third-order valence-corrected chi connectivity index (χ3v) is 4.00. The quantitative estimate of drug-likeness (QED) is 0.505. The molecular formula is C16H30O6. The van der Waals surface area contributed by atoms with E-state index in [2.05, 4.69) is 0 Å². The Kier molecular flexibility index (Phi) is 9.63. The van der Waals surface area contributed by atoms with Crippen molar-refractivity contribution in [2.24, 2.45) is 0 Å². The molecule has 6 nitrogen and oxygen atoms in total. The lowest BCUT2D eigenvalue weighted by atomic mass is 10.0. The summed E-state index contributed by atoms with van der Waals surface area (Å²) in [7, 11) is 0. The van der Waals surface area contributed by atoms with Crippen LogP contribution in [0.15, 0.2) is 0 Å². The van der Waals surface area contributed by atoms with E-state index >= 15 is 0 Å². The summed E-state index contributed by atoms with van der Waals surface area (Å²) in [6, 6.07) is 0. The third-order valence-electron chi connectivity index (χ3n) is 4.00. The molecule has 6 heteroatoms. The standard InChI is InChI=1S/C16H30O6/c1-12-13(17)11-14(18)16(22-12)21-10-8-6-4-2-3-5-7-9-15(19)20/h12-14,16-18H,2-11H2,1H3,(H,19,20). The van der Waals surface area contributed by atoms with Crippen molar-refractivity contribution in [3.8, 4) is 0 Å². The monoisotopic (exact) mass is 318 g/mol. The van der Waals surface area contributed by atoms with Gasteiger partial charge in [0.2, 0.25) is 0 Å². The van der Waals surface area contributed by atoms with Crippen LogP contribution in [-0.2, 0) is 14.3 Å². The number of aliphatic hydroxyl groups excluding tert-OH is 2. The average molecular weight is 318 g/mol. The number of unbranched alkanes of at least 4 members (excludes halogenated alkanes) is 6. The molecule has 1 aliphatic rings. The summed E-state index contributed by atoms with van der Waals surface area (Å²) < 4.78 is 11.0. The van der Waals surface area contributed by atoms with E-state index in [-0.39, 0.29) is 12.5 Å². The van der Waals surface area contributed by atoms with Gasteiger partial charge in [-0.05, 0) is 19.8 Å². The second-order valence-electron chi connectivity index (χ2n) is 6.07. The minimum Gasteiger partial charge on any atom is -0.481 e. The summed E-state index contributed by atoms with van der Waals surface area (Å²) in [5, 5.41) is 27.8. The zero-order valence-corrected chi connectivity index (χ0v) is 13.4. The van der Waals surface area contributed by atoms with Crippen molar-refractivity contribution >= 4 is 5.97 Å². The Labute approximate surface area is 132 Å². The molecule has 22 heavy (non-hydrogen) atoms. The Balaban J connectivity index is 1.92. The number of aliphatic carboxylic acids is 1. The average Bonchev–Trinajstić information content (AvgIpc) is 2.45. The number of hydrogen-bond acceptors (Lipinski definition) is 5. The Bertz CT molecular complexity index is 309. The first-order valence-electron chi connectivity index (χ1n) is 8.35. The first kappa shape index (κ1) is 19.4. The van der Waals surface area contributed by atoms with Crippen LogP contribution in [0.1, 0.15) is 64.7 Å². The number of carbonyl (C=O) groups is 1. The SMILES string of the molecule is CC1OC(OCCCCCCCCCC(=O)O)C(O)CC1O. The van der Waals surface area contributed by atoms with Gasteiger partial charge in [-0.3, -0.25) is 4.79 Å². The van der Waals surface area contributed by atoms with E-state index in [9.17, 15) is 15.0 Å². The summed E-state index contributed by atoms with van der Waals surface area (Å²) in [5.74, 6) is -0.717. The molecule has 0 spiro atoms. The van der Waals surface area contributed by atoms with Crippen molar-refractivity contribution in [1.29, 1.82) is 0 Å². The molecule has 4 atom stereocenters. The Hall–Kier alpha value is -0.690. The highest BCUT2D eigenvalue weighted by Crippen LogP contribution is 2.21. The fourth-order valence-corrected chi connectivity index (χ4v) is 2.56. The number of ether oxygens (including phenoxy) is 2. The normalized spacial score (nSPS) is 28.7. The molecule has 1 heterocycles. The maximum atomic E-state index is 10.3. The number of carboxylic acids is 1. The molecule has 0 aromatic rings. The fraction of sp³-hybridized carbons (Fsp3) is 0.938. The van der Waals surface area contributed by atoms with Gasteiger partial charge in [0.25, 0.3) is 0 Å². The summed E-state index contributed by atoms with van der Waals surface area (Å²) in [6.45, 7) is 2.32. The van der Waals surface area contributed by atoms with Crippen molar-refractivity contribution in [2.45, 2.75) is 89.3 Å². The summed E-state index contributed by atoms with van der Waals surface area (Å²) in [6.07, 6.45) is 5.25. The molecule has 3 N–H and O–H groups in total. The van der Waals surface area contributed by atoms with Crippen molar-refractivity contribution in [3.05, 3.63) is 0 Å². The van der Waals surface area contributed by atoms with Crippen LogP contribution >= 0.6 is 0 Å². The molecule has 0 amide bonds. The van der Waals surface area contributed by atoms with E-state index in [1.807, 2.05) is 0 Å².